The van der Waals surface area contributed by atoms with E-state index >= 15 is 0 Å². The fourth-order valence-corrected chi connectivity index (χ4v) is 2.32. The Hall–Kier alpha value is -4.16. The number of carbonyl (C=O) groups is 2. The lowest BCUT2D eigenvalue weighted by Crippen LogP contribution is -2.33. The number of aromatic nitrogens is 2. The standard InChI is InChI=1S/C16H11F6NO3.C6H5NO2/c1-2-25-14(24)9-7-12(17)13(23-8-9)26-11-5-3-10(4-6-11)15(18,19)16(20,21)22;8-6(9)5-2-1-3-7-4-5/h3-8H,2H2,1H3;1-4H,(H,8,9). The van der Waals surface area contributed by atoms with Crippen LogP contribution < -0.4 is 4.74 Å². The number of rotatable bonds is 6. The highest BCUT2D eigenvalue weighted by molar-refractivity contribution is 5.89. The topological polar surface area (TPSA) is 98.6 Å². The molecule has 0 atom stereocenters. The van der Waals surface area contributed by atoms with Crippen LogP contribution in [-0.2, 0) is 10.7 Å². The van der Waals surface area contributed by atoms with E-state index in [0.29, 0.717) is 12.1 Å². The molecule has 2 aromatic heterocycles. The number of carboxylic acid groups (broad SMARTS) is 1. The van der Waals surface area contributed by atoms with Gasteiger partial charge in [-0.25, -0.2) is 19.0 Å². The highest BCUT2D eigenvalue weighted by atomic mass is 19.4. The molecule has 0 aliphatic carbocycles. The summed E-state index contributed by atoms with van der Waals surface area (Å²) in [6, 6.07) is 6.53. The molecule has 0 bridgehead atoms. The third-order valence-corrected chi connectivity index (χ3v) is 4.01. The molecule has 7 nitrogen and oxygen atoms in total. The van der Waals surface area contributed by atoms with Crippen LogP contribution >= 0.6 is 0 Å². The Balaban J connectivity index is 0.000000402. The maximum absolute atomic E-state index is 13.9. The predicted molar refractivity (Wildman–Crippen MR) is 108 cm³/mol. The third-order valence-electron chi connectivity index (χ3n) is 4.01. The van der Waals surface area contributed by atoms with Crippen LogP contribution in [0, 0.1) is 5.82 Å². The summed E-state index contributed by atoms with van der Waals surface area (Å²) in [4.78, 5) is 28.8. The number of benzene rings is 1. The molecule has 1 aromatic carbocycles. The van der Waals surface area contributed by atoms with Crippen molar-refractivity contribution in [3.8, 4) is 11.6 Å². The van der Waals surface area contributed by atoms with Gasteiger partial charge in [0.2, 0.25) is 0 Å². The first kappa shape index (κ1) is 27.1. The summed E-state index contributed by atoms with van der Waals surface area (Å²) in [5.74, 6) is -8.63. The van der Waals surface area contributed by atoms with Crippen molar-refractivity contribution in [2.45, 2.75) is 19.0 Å². The zero-order valence-electron chi connectivity index (χ0n) is 17.7. The minimum absolute atomic E-state index is 0.0770. The average Bonchev–Trinajstić information content (AvgIpc) is 2.81. The summed E-state index contributed by atoms with van der Waals surface area (Å²) in [5, 5.41) is 8.34. The van der Waals surface area contributed by atoms with Gasteiger partial charge < -0.3 is 14.6 Å². The van der Waals surface area contributed by atoms with Gasteiger partial charge in [0, 0.05) is 24.2 Å². The Morgan fingerprint density at radius 3 is 2.11 bits per heavy atom. The number of hydrogen-bond acceptors (Lipinski definition) is 6. The van der Waals surface area contributed by atoms with E-state index in [0.717, 1.165) is 24.4 Å². The molecular formula is C22H16F6N2O5. The van der Waals surface area contributed by atoms with Crippen molar-refractivity contribution in [2.75, 3.05) is 6.61 Å². The van der Waals surface area contributed by atoms with Gasteiger partial charge in [-0.05, 0) is 49.4 Å². The molecule has 0 fully saturated rings. The average molecular weight is 502 g/mol. The molecule has 0 unspecified atom stereocenters. The second kappa shape index (κ2) is 11.3. The van der Waals surface area contributed by atoms with Gasteiger partial charge in [-0.1, -0.05) is 0 Å². The van der Waals surface area contributed by atoms with Crippen LogP contribution in [-0.4, -0.2) is 39.8 Å². The number of carboxylic acids is 1. The van der Waals surface area contributed by atoms with E-state index in [4.69, 9.17) is 9.84 Å². The molecule has 0 aliphatic rings. The summed E-state index contributed by atoms with van der Waals surface area (Å²) >= 11 is 0. The number of ether oxygens (including phenoxy) is 2. The fraction of sp³-hybridized carbons (Fsp3) is 0.182. The number of pyridine rings is 2. The Morgan fingerprint density at radius 1 is 1.00 bits per heavy atom. The molecule has 13 heteroatoms. The molecule has 2 heterocycles. The minimum Gasteiger partial charge on any atom is -0.478 e. The monoisotopic (exact) mass is 502 g/mol. The van der Waals surface area contributed by atoms with E-state index in [-0.39, 0.29) is 23.5 Å². The van der Waals surface area contributed by atoms with Crippen LogP contribution in [0.3, 0.4) is 0 Å². The first-order chi connectivity index (χ1) is 16.4. The third kappa shape index (κ3) is 7.16. The van der Waals surface area contributed by atoms with Crippen LogP contribution in [0.1, 0.15) is 33.2 Å². The maximum atomic E-state index is 13.9. The second-order valence-corrected chi connectivity index (χ2v) is 6.48. The van der Waals surface area contributed by atoms with Crippen molar-refractivity contribution in [1.82, 2.24) is 9.97 Å². The summed E-state index contributed by atoms with van der Waals surface area (Å²) < 4.78 is 86.8. The number of carbonyl (C=O) groups excluding carboxylic acids is 1. The molecule has 1 N–H and O–H groups in total. The number of alkyl halides is 5. The zero-order chi connectivity index (χ0) is 26.2. The van der Waals surface area contributed by atoms with Gasteiger partial charge in [-0.2, -0.15) is 22.0 Å². The van der Waals surface area contributed by atoms with E-state index in [2.05, 4.69) is 14.7 Å². The number of aromatic carboxylic acids is 1. The van der Waals surface area contributed by atoms with Gasteiger partial charge in [0.1, 0.15) is 5.75 Å². The molecule has 0 radical (unpaired) electrons. The number of nitrogens with zero attached hydrogens (tertiary/aromatic N) is 2. The highest BCUT2D eigenvalue weighted by Crippen LogP contribution is 2.44. The predicted octanol–water partition coefficient (Wildman–Crippen LogP) is 5.62. The lowest BCUT2D eigenvalue weighted by molar-refractivity contribution is -0.289. The Morgan fingerprint density at radius 2 is 1.66 bits per heavy atom. The molecular weight excluding hydrogens is 486 g/mol. The van der Waals surface area contributed by atoms with Crippen LogP contribution in [0.15, 0.2) is 61.1 Å². The van der Waals surface area contributed by atoms with Gasteiger partial charge in [-0.15, -0.1) is 0 Å². The summed E-state index contributed by atoms with van der Waals surface area (Å²) in [6.07, 6.45) is -1.93. The summed E-state index contributed by atoms with van der Waals surface area (Å²) in [7, 11) is 0. The molecule has 186 valence electrons. The molecule has 3 rings (SSSR count). The van der Waals surface area contributed by atoms with Crippen molar-refractivity contribution in [1.29, 1.82) is 0 Å². The molecule has 0 saturated carbocycles. The van der Waals surface area contributed by atoms with E-state index in [9.17, 15) is 35.9 Å². The normalized spacial score (nSPS) is 11.2. The molecule has 0 saturated heterocycles. The van der Waals surface area contributed by atoms with E-state index in [1.54, 1.807) is 13.0 Å². The highest BCUT2D eigenvalue weighted by Gasteiger charge is 2.58. The van der Waals surface area contributed by atoms with Crippen LogP contribution in [0.2, 0.25) is 0 Å². The number of esters is 1. The van der Waals surface area contributed by atoms with Crippen molar-refractivity contribution in [3.63, 3.8) is 0 Å². The van der Waals surface area contributed by atoms with Crippen molar-refractivity contribution < 1.29 is 50.5 Å². The number of halogens is 6. The maximum Gasteiger partial charge on any atom is 0.458 e. The van der Waals surface area contributed by atoms with Gasteiger partial charge in [0.05, 0.1) is 17.7 Å². The smallest absolute Gasteiger partial charge is 0.458 e. The Bertz CT molecular complexity index is 1160. The molecule has 0 spiro atoms. The van der Waals surface area contributed by atoms with Gasteiger partial charge in [-0.3, -0.25) is 4.98 Å². The summed E-state index contributed by atoms with van der Waals surface area (Å²) in [6.45, 7) is 1.64. The van der Waals surface area contributed by atoms with Crippen LogP contribution in [0.25, 0.3) is 0 Å². The van der Waals surface area contributed by atoms with Crippen LogP contribution in [0.5, 0.6) is 11.6 Å². The fourth-order valence-electron chi connectivity index (χ4n) is 2.32. The molecule has 0 amide bonds. The SMILES string of the molecule is CCOC(=O)c1cnc(Oc2ccc(C(F)(F)C(F)(F)F)cc2)c(F)c1.O=C(O)c1cccnc1. The van der Waals surface area contributed by atoms with Crippen molar-refractivity contribution in [3.05, 3.63) is 83.6 Å². The Labute approximate surface area is 194 Å². The van der Waals surface area contributed by atoms with Gasteiger partial charge >= 0.3 is 24.0 Å². The lowest BCUT2D eigenvalue weighted by Gasteiger charge is -2.19. The van der Waals surface area contributed by atoms with Gasteiger partial charge in [0.15, 0.2) is 5.82 Å². The van der Waals surface area contributed by atoms with E-state index < -0.39 is 41.3 Å². The first-order valence-corrected chi connectivity index (χ1v) is 9.55. The molecule has 35 heavy (non-hydrogen) atoms. The molecule has 0 aliphatic heterocycles. The zero-order valence-corrected chi connectivity index (χ0v) is 17.7. The Kier molecular flexibility index (Phi) is 8.75. The first-order valence-electron chi connectivity index (χ1n) is 9.55. The van der Waals surface area contributed by atoms with E-state index in [1.807, 2.05) is 0 Å². The van der Waals surface area contributed by atoms with Gasteiger partial charge in [0.25, 0.3) is 5.88 Å². The number of hydrogen-bond donors (Lipinski definition) is 1. The lowest BCUT2D eigenvalue weighted by atomic mass is 10.1. The quantitative estimate of drug-likeness (QED) is 0.345. The van der Waals surface area contributed by atoms with E-state index in [1.165, 1.54) is 18.5 Å². The van der Waals surface area contributed by atoms with Crippen LogP contribution in [0.4, 0.5) is 26.3 Å². The van der Waals surface area contributed by atoms with Crippen molar-refractivity contribution in [2.24, 2.45) is 0 Å². The van der Waals surface area contributed by atoms with Crippen molar-refractivity contribution >= 4 is 11.9 Å². The summed E-state index contributed by atoms with van der Waals surface area (Å²) in [5.41, 5.74) is -1.24. The second-order valence-electron chi connectivity index (χ2n) is 6.48. The minimum atomic E-state index is -5.74. The molecule has 3 aromatic rings. The largest absolute Gasteiger partial charge is 0.478 e.